The molecule has 80 valence electrons. The van der Waals surface area contributed by atoms with Crippen molar-refractivity contribution in [3.05, 3.63) is 18.7 Å². The quantitative estimate of drug-likeness (QED) is 0.715. The van der Waals surface area contributed by atoms with Crippen LogP contribution in [0.1, 0.15) is 53.0 Å². The van der Waals surface area contributed by atoms with Crippen LogP contribution in [0, 0.1) is 5.41 Å². The predicted octanol–water partition coefficient (Wildman–Crippen LogP) is 3.66. The third-order valence-electron chi connectivity index (χ3n) is 2.42. The molecule has 2 heteroatoms. The summed E-state index contributed by atoms with van der Waals surface area (Å²) >= 11 is 0. The van der Waals surface area contributed by atoms with Gasteiger partial charge in [-0.2, -0.15) is 0 Å². The van der Waals surface area contributed by atoms with Gasteiger partial charge in [-0.15, -0.1) is 0 Å². The molecule has 0 amide bonds. The Kier molecular flexibility index (Phi) is 3.73. The molecule has 0 aliphatic rings. The molecule has 0 saturated heterocycles. The number of rotatable bonds is 4. The van der Waals surface area contributed by atoms with Crippen LogP contribution >= 0.6 is 0 Å². The Hall–Kier alpha value is -0.790. The molecule has 1 aromatic rings. The highest BCUT2D eigenvalue weighted by molar-refractivity contribution is 4.82. The summed E-state index contributed by atoms with van der Waals surface area (Å²) in [6.07, 6.45) is 9.58. The Labute approximate surface area is 87.4 Å². The summed E-state index contributed by atoms with van der Waals surface area (Å²) in [6, 6.07) is 0.613. The van der Waals surface area contributed by atoms with Crippen molar-refractivity contribution in [3.8, 4) is 0 Å². The van der Waals surface area contributed by atoms with Crippen LogP contribution in [0.4, 0.5) is 0 Å². The van der Waals surface area contributed by atoms with Crippen molar-refractivity contribution in [1.82, 2.24) is 9.55 Å². The fourth-order valence-electron chi connectivity index (χ4n) is 1.88. The minimum atomic E-state index is 0.393. The topological polar surface area (TPSA) is 17.8 Å². The highest BCUT2D eigenvalue weighted by Crippen LogP contribution is 2.30. The Morgan fingerprint density at radius 3 is 2.50 bits per heavy atom. The smallest absolute Gasteiger partial charge is 0.0948 e. The van der Waals surface area contributed by atoms with E-state index in [9.17, 15) is 0 Å². The van der Waals surface area contributed by atoms with Gasteiger partial charge in [0, 0.05) is 18.4 Å². The number of aromatic nitrogens is 2. The van der Waals surface area contributed by atoms with Gasteiger partial charge in [0.15, 0.2) is 0 Å². The Bertz CT molecular complexity index is 244. The van der Waals surface area contributed by atoms with E-state index in [2.05, 4.69) is 43.4 Å². The van der Waals surface area contributed by atoms with E-state index in [4.69, 9.17) is 0 Å². The maximum Gasteiger partial charge on any atom is 0.0948 e. The first-order valence-corrected chi connectivity index (χ1v) is 5.50. The Morgan fingerprint density at radius 2 is 2.07 bits per heavy atom. The van der Waals surface area contributed by atoms with Crippen LogP contribution in [0.25, 0.3) is 0 Å². The zero-order valence-corrected chi connectivity index (χ0v) is 9.83. The number of nitrogens with zero attached hydrogens (tertiary/aromatic N) is 2. The lowest BCUT2D eigenvalue weighted by Gasteiger charge is -2.26. The van der Waals surface area contributed by atoms with Crippen LogP contribution < -0.4 is 0 Å². The molecule has 1 heterocycles. The number of hydrogen-bond donors (Lipinski definition) is 0. The molecule has 0 N–H and O–H groups in total. The van der Waals surface area contributed by atoms with E-state index in [1.807, 2.05) is 12.5 Å². The molecule has 0 radical (unpaired) electrons. The summed E-state index contributed by atoms with van der Waals surface area (Å²) in [7, 11) is 0. The van der Waals surface area contributed by atoms with E-state index >= 15 is 0 Å². The van der Waals surface area contributed by atoms with Crippen molar-refractivity contribution in [1.29, 1.82) is 0 Å². The van der Waals surface area contributed by atoms with Crippen molar-refractivity contribution < 1.29 is 0 Å². The minimum absolute atomic E-state index is 0.393. The van der Waals surface area contributed by atoms with Gasteiger partial charge in [0.2, 0.25) is 0 Å². The van der Waals surface area contributed by atoms with Gasteiger partial charge in [-0.25, -0.2) is 4.98 Å². The maximum absolute atomic E-state index is 4.12. The fourth-order valence-corrected chi connectivity index (χ4v) is 1.88. The summed E-state index contributed by atoms with van der Waals surface area (Å²) in [4.78, 5) is 4.12. The van der Waals surface area contributed by atoms with Crippen LogP contribution in [-0.4, -0.2) is 9.55 Å². The monoisotopic (exact) mass is 194 g/mol. The first-order chi connectivity index (χ1) is 6.53. The molecule has 2 nitrogen and oxygen atoms in total. The molecule has 1 atom stereocenters. The molecule has 0 aromatic carbocycles. The second-order valence-corrected chi connectivity index (χ2v) is 5.22. The third-order valence-corrected chi connectivity index (χ3v) is 2.42. The molecular weight excluding hydrogens is 172 g/mol. The zero-order valence-electron chi connectivity index (χ0n) is 9.83. The summed E-state index contributed by atoms with van der Waals surface area (Å²) in [5, 5.41) is 0. The molecule has 0 spiro atoms. The van der Waals surface area contributed by atoms with E-state index in [1.54, 1.807) is 0 Å². The molecule has 0 aliphatic heterocycles. The molecule has 1 unspecified atom stereocenters. The van der Waals surface area contributed by atoms with Gasteiger partial charge in [-0.05, 0) is 18.3 Å². The van der Waals surface area contributed by atoms with Crippen LogP contribution in [0.2, 0.25) is 0 Å². The summed E-state index contributed by atoms with van der Waals surface area (Å²) in [5.41, 5.74) is 0.393. The van der Waals surface area contributed by atoms with Gasteiger partial charge in [-0.1, -0.05) is 34.1 Å². The van der Waals surface area contributed by atoms with E-state index in [-0.39, 0.29) is 0 Å². The summed E-state index contributed by atoms with van der Waals surface area (Å²) in [6.45, 7) is 9.14. The Morgan fingerprint density at radius 1 is 1.36 bits per heavy atom. The molecule has 1 rings (SSSR count). The first-order valence-electron chi connectivity index (χ1n) is 5.50. The van der Waals surface area contributed by atoms with Crippen LogP contribution in [-0.2, 0) is 0 Å². The van der Waals surface area contributed by atoms with Crippen molar-refractivity contribution >= 4 is 0 Å². The van der Waals surface area contributed by atoms with Crippen LogP contribution in [0.3, 0.4) is 0 Å². The SMILES string of the molecule is CCCC(CC(C)(C)C)n1ccnc1. The lowest BCUT2D eigenvalue weighted by molar-refractivity contribution is 0.280. The highest BCUT2D eigenvalue weighted by Gasteiger charge is 2.18. The molecule has 0 bridgehead atoms. The van der Waals surface area contributed by atoms with E-state index in [0.717, 1.165) is 0 Å². The first kappa shape index (κ1) is 11.3. The Balaban J connectivity index is 2.65. The minimum Gasteiger partial charge on any atom is -0.334 e. The predicted molar refractivity (Wildman–Crippen MR) is 60.2 cm³/mol. The van der Waals surface area contributed by atoms with Crippen LogP contribution in [0.15, 0.2) is 18.7 Å². The van der Waals surface area contributed by atoms with Crippen molar-refractivity contribution in [2.24, 2.45) is 5.41 Å². The average Bonchev–Trinajstić information content (AvgIpc) is 2.52. The van der Waals surface area contributed by atoms with Crippen LogP contribution in [0.5, 0.6) is 0 Å². The third kappa shape index (κ3) is 3.52. The van der Waals surface area contributed by atoms with Gasteiger partial charge in [-0.3, -0.25) is 0 Å². The van der Waals surface area contributed by atoms with E-state index in [0.29, 0.717) is 11.5 Å². The zero-order chi connectivity index (χ0) is 10.6. The van der Waals surface area contributed by atoms with Gasteiger partial charge in [0.1, 0.15) is 0 Å². The lowest BCUT2D eigenvalue weighted by Crippen LogP contribution is -2.16. The fraction of sp³-hybridized carbons (Fsp3) is 0.750. The maximum atomic E-state index is 4.12. The second-order valence-electron chi connectivity index (χ2n) is 5.22. The molecule has 0 fully saturated rings. The number of imidazole rings is 1. The molecular formula is C12H22N2. The number of hydrogen-bond acceptors (Lipinski definition) is 1. The molecule has 0 aliphatic carbocycles. The lowest BCUT2D eigenvalue weighted by atomic mass is 9.86. The van der Waals surface area contributed by atoms with Gasteiger partial charge >= 0.3 is 0 Å². The van der Waals surface area contributed by atoms with Crippen molar-refractivity contribution in [3.63, 3.8) is 0 Å². The average molecular weight is 194 g/mol. The molecule has 14 heavy (non-hydrogen) atoms. The standard InChI is InChI=1S/C12H22N2/c1-5-6-11(9-12(2,3)4)14-8-7-13-10-14/h7-8,10-11H,5-6,9H2,1-4H3. The molecule has 1 aromatic heterocycles. The van der Waals surface area contributed by atoms with Gasteiger partial charge < -0.3 is 4.57 Å². The van der Waals surface area contributed by atoms with Gasteiger partial charge in [0.25, 0.3) is 0 Å². The largest absolute Gasteiger partial charge is 0.334 e. The molecule has 0 saturated carbocycles. The van der Waals surface area contributed by atoms with E-state index < -0.39 is 0 Å². The van der Waals surface area contributed by atoms with Gasteiger partial charge in [0.05, 0.1) is 6.33 Å². The highest BCUT2D eigenvalue weighted by atomic mass is 15.0. The van der Waals surface area contributed by atoms with E-state index in [1.165, 1.54) is 19.3 Å². The van der Waals surface area contributed by atoms with Crippen molar-refractivity contribution in [2.75, 3.05) is 0 Å². The van der Waals surface area contributed by atoms with Crippen molar-refractivity contribution in [2.45, 2.75) is 53.0 Å². The second kappa shape index (κ2) is 4.63. The summed E-state index contributed by atoms with van der Waals surface area (Å²) < 4.78 is 2.24. The summed E-state index contributed by atoms with van der Waals surface area (Å²) in [5.74, 6) is 0. The normalized spacial score (nSPS) is 14.3.